The van der Waals surface area contributed by atoms with Crippen LogP contribution in [0.3, 0.4) is 0 Å². The third-order valence-corrected chi connectivity index (χ3v) is 4.62. The molecule has 1 heterocycles. The number of alkyl halides is 3. The van der Waals surface area contributed by atoms with Gasteiger partial charge in [-0.25, -0.2) is 0 Å². The molecule has 120 valence electrons. The van der Waals surface area contributed by atoms with Crippen molar-refractivity contribution >= 4 is 0 Å². The van der Waals surface area contributed by atoms with Crippen molar-refractivity contribution in [3.63, 3.8) is 0 Å². The molecule has 3 nitrogen and oxygen atoms in total. The zero-order valence-electron chi connectivity index (χ0n) is 12.7. The Kier molecular flexibility index (Phi) is 4.96. The molecule has 0 aliphatic heterocycles. The predicted molar refractivity (Wildman–Crippen MR) is 75.8 cm³/mol. The van der Waals surface area contributed by atoms with Crippen molar-refractivity contribution in [2.45, 2.75) is 57.7 Å². The molecule has 1 saturated carbocycles. The van der Waals surface area contributed by atoms with Crippen molar-refractivity contribution < 1.29 is 13.2 Å². The zero-order chi connectivity index (χ0) is 15.6. The maximum Gasteiger partial charge on any atom is 0.391 e. The fraction of sp³-hybridized carbons (Fsp3) is 0.800. The summed E-state index contributed by atoms with van der Waals surface area (Å²) < 4.78 is 40.4. The average molecular weight is 303 g/mol. The summed E-state index contributed by atoms with van der Waals surface area (Å²) in [5.41, 5.74) is 8.20. The van der Waals surface area contributed by atoms with Crippen molar-refractivity contribution in [1.82, 2.24) is 9.78 Å². The molecule has 0 radical (unpaired) electrons. The molecule has 1 aromatic rings. The van der Waals surface area contributed by atoms with Gasteiger partial charge in [-0.2, -0.15) is 18.3 Å². The van der Waals surface area contributed by atoms with Crippen LogP contribution < -0.4 is 5.73 Å². The third-order valence-electron chi connectivity index (χ3n) is 4.62. The molecule has 1 fully saturated rings. The molecule has 1 aromatic heterocycles. The van der Waals surface area contributed by atoms with E-state index in [0.717, 1.165) is 24.2 Å². The fourth-order valence-electron chi connectivity index (χ4n) is 3.26. The van der Waals surface area contributed by atoms with Crippen LogP contribution in [0.25, 0.3) is 0 Å². The normalized spacial score (nSPS) is 25.0. The highest BCUT2D eigenvalue weighted by Crippen LogP contribution is 2.40. The Morgan fingerprint density at radius 2 is 2.14 bits per heavy atom. The van der Waals surface area contributed by atoms with Gasteiger partial charge < -0.3 is 5.73 Å². The molecule has 0 aromatic carbocycles. The van der Waals surface area contributed by atoms with Crippen molar-refractivity contribution in [1.29, 1.82) is 0 Å². The number of aryl methyl sites for hydroxylation is 2. The molecule has 21 heavy (non-hydrogen) atoms. The van der Waals surface area contributed by atoms with E-state index in [9.17, 15) is 13.2 Å². The Hall–Kier alpha value is -1.04. The lowest BCUT2D eigenvalue weighted by Gasteiger charge is -2.33. The van der Waals surface area contributed by atoms with E-state index < -0.39 is 12.1 Å². The molecule has 0 spiro atoms. The van der Waals surface area contributed by atoms with Crippen LogP contribution in [0.15, 0.2) is 6.07 Å². The number of hydrogen-bond acceptors (Lipinski definition) is 2. The second-order valence-electron chi connectivity index (χ2n) is 6.14. The van der Waals surface area contributed by atoms with E-state index in [1.54, 1.807) is 4.68 Å². The van der Waals surface area contributed by atoms with E-state index in [4.69, 9.17) is 5.73 Å². The van der Waals surface area contributed by atoms with Gasteiger partial charge in [-0.05, 0) is 37.7 Å². The van der Waals surface area contributed by atoms with Crippen molar-refractivity contribution in [3.8, 4) is 0 Å². The SMILES string of the molecule is CCc1cc(CC(N)C2CCCC(C(F)(F)F)C2)n(C)n1. The molecule has 2 rings (SSSR count). The monoisotopic (exact) mass is 303 g/mol. The van der Waals surface area contributed by atoms with Crippen LogP contribution in [0, 0.1) is 11.8 Å². The van der Waals surface area contributed by atoms with E-state index >= 15 is 0 Å². The first kappa shape index (κ1) is 16.3. The van der Waals surface area contributed by atoms with Gasteiger partial charge in [0, 0.05) is 25.2 Å². The minimum absolute atomic E-state index is 0.0506. The van der Waals surface area contributed by atoms with Crippen LogP contribution in [-0.2, 0) is 19.9 Å². The molecular weight excluding hydrogens is 279 g/mol. The molecular formula is C15H24F3N3. The number of halogens is 3. The van der Waals surface area contributed by atoms with Crippen LogP contribution in [0.4, 0.5) is 13.2 Å². The van der Waals surface area contributed by atoms with Gasteiger partial charge in [0.2, 0.25) is 0 Å². The van der Waals surface area contributed by atoms with Crippen molar-refractivity contribution in [2.24, 2.45) is 24.6 Å². The van der Waals surface area contributed by atoms with Crippen LogP contribution in [-0.4, -0.2) is 22.0 Å². The van der Waals surface area contributed by atoms with E-state index in [1.807, 2.05) is 20.0 Å². The summed E-state index contributed by atoms with van der Waals surface area (Å²) in [6.45, 7) is 2.03. The third kappa shape index (κ3) is 3.99. The molecule has 2 N–H and O–H groups in total. The average Bonchev–Trinajstić information content (AvgIpc) is 2.78. The Bertz CT molecular complexity index is 467. The van der Waals surface area contributed by atoms with Crippen LogP contribution in [0.5, 0.6) is 0 Å². The Balaban J connectivity index is 1.99. The van der Waals surface area contributed by atoms with E-state index in [0.29, 0.717) is 12.8 Å². The second-order valence-corrected chi connectivity index (χ2v) is 6.14. The topological polar surface area (TPSA) is 43.8 Å². The minimum atomic E-state index is -4.08. The lowest BCUT2D eigenvalue weighted by Crippen LogP contribution is -2.39. The van der Waals surface area contributed by atoms with Gasteiger partial charge in [0.25, 0.3) is 0 Å². The van der Waals surface area contributed by atoms with Gasteiger partial charge in [-0.3, -0.25) is 4.68 Å². The van der Waals surface area contributed by atoms with E-state index in [-0.39, 0.29) is 24.8 Å². The lowest BCUT2D eigenvalue weighted by molar-refractivity contribution is -0.186. The fourth-order valence-corrected chi connectivity index (χ4v) is 3.26. The van der Waals surface area contributed by atoms with Crippen LogP contribution in [0.2, 0.25) is 0 Å². The highest BCUT2D eigenvalue weighted by molar-refractivity contribution is 5.11. The molecule has 1 aliphatic rings. The van der Waals surface area contributed by atoms with Gasteiger partial charge in [0.05, 0.1) is 11.6 Å². The van der Waals surface area contributed by atoms with Gasteiger partial charge in [0.1, 0.15) is 0 Å². The minimum Gasteiger partial charge on any atom is -0.327 e. The first-order valence-corrected chi connectivity index (χ1v) is 7.65. The van der Waals surface area contributed by atoms with Crippen molar-refractivity contribution in [3.05, 3.63) is 17.5 Å². The van der Waals surface area contributed by atoms with E-state index in [2.05, 4.69) is 5.10 Å². The Morgan fingerprint density at radius 3 is 2.71 bits per heavy atom. The first-order chi connectivity index (χ1) is 9.81. The number of hydrogen-bond donors (Lipinski definition) is 1. The summed E-state index contributed by atoms with van der Waals surface area (Å²) in [4.78, 5) is 0. The zero-order valence-corrected chi connectivity index (χ0v) is 12.7. The summed E-state index contributed by atoms with van der Waals surface area (Å²) in [5, 5.41) is 4.36. The highest BCUT2D eigenvalue weighted by Gasteiger charge is 2.43. The smallest absolute Gasteiger partial charge is 0.327 e. The number of nitrogens with zero attached hydrogens (tertiary/aromatic N) is 2. The van der Waals surface area contributed by atoms with Crippen molar-refractivity contribution in [2.75, 3.05) is 0 Å². The van der Waals surface area contributed by atoms with Gasteiger partial charge in [-0.15, -0.1) is 0 Å². The molecule has 0 amide bonds. The van der Waals surface area contributed by atoms with Gasteiger partial charge >= 0.3 is 6.18 Å². The Labute approximate surface area is 123 Å². The molecule has 0 saturated heterocycles. The molecule has 6 heteroatoms. The van der Waals surface area contributed by atoms with E-state index in [1.165, 1.54) is 0 Å². The quantitative estimate of drug-likeness (QED) is 0.928. The molecule has 1 aliphatic carbocycles. The molecule has 3 atom stereocenters. The lowest BCUT2D eigenvalue weighted by atomic mass is 9.76. The summed E-state index contributed by atoms with van der Waals surface area (Å²) >= 11 is 0. The predicted octanol–water partition coefficient (Wildman–Crippen LogP) is 3.22. The van der Waals surface area contributed by atoms with Gasteiger partial charge in [0.15, 0.2) is 0 Å². The maximum absolute atomic E-state index is 12.9. The van der Waals surface area contributed by atoms with Gasteiger partial charge in [-0.1, -0.05) is 13.3 Å². The summed E-state index contributed by atoms with van der Waals surface area (Å²) in [6, 6.07) is 1.78. The standard InChI is InChI=1S/C15H24F3N3/c1-3-12-8-13(21(2)20-12)9-14(19)10-5-4-6-11(7-10)15(16,17)18/h8,10-11,14H,3-7,9,19H2,1-2H3. The first-order valence-electron chi connectivity index (χ1n) is 7.65. The largest absolute Gasteiger partial charge is 0.391 e. The molecule has 3 unspecified atom stereocenters. The Morgan fingerprint density at radius 1 is 1.43 bits per heavy atom. The summed E-state index contributed by atoms with van der Waals surface area (Å²) in [7, 11) is 1.86. The van der Waals surface area contributed by atoms with Crippen LogP contribution >= 0.6 is 0 Å². The second kappa shape index (κ2) is 6.38. The number of rotatable bonds is 4. The summed E-state index contributed by atoms with van der Waals surface area (Å²) in [5.74, 6) is -1.23. The summed E-state index contributed by atoms with van der Waals surface area (Å²) in [6.07, 6.45) is -0.802. The van der Waals surface area contributed by atoms with Crippen LogP contribution in [0.1, 0.15) is 44.0 Å². The molecule has 0 bridgehead atoms. The number of aromatic nitrogens is 2. The number of nitrogens with two attached hydrogens (primary N) is 1. The maximum atomic E-state index is 12.9. The highest BCUT2D eigenvalue weighted by atomic mass is 19.4.